The molecule has 0 saturated heterocycles. The van der Waals surface area contributed by atoms with Crippen molar-refractivity contribution in [3.63, 3.8) is 0 Å². The maximum absolute atomic E-state index is 11.6. The second-order valence-electron chi connectivity index (χ2n) is 3.95. The molecule has 0 aliphatic carbocycles. The highest BCUT2D eigenvalue weighted by atomic mass is 16.2. The van der Waals surface area contributed by atoms with E-state index >= 15 is 0 Å². The molecule has 0 heterocycles. The van der Waals surface area contributed by atoms with Gasteiger partial charge in [0.05, 0.1) is 6.04 Å². The van der Waals surface area contributed by atoms with Crippen LogP contribution in [0.25, 0.3) is 0 Å². The number of benzene rings is 1. The quantitative estimate of drug-likeness (QED) is 0.768. The molecular formula is C13H20N2O. The van der Waals surface area contributed by atoms with Crippen molar-refractivity contribution in [2.75, 3.05) is 0 Å². The summed E-state index contributed by atoms with van der Waals surface area (Å²) >= 11 is 0. The van der Waals surface area contributed by atoms with E-state index in [1.807, 2.05) is 30.3 Å². The predicted octanol–water partition coefficient (Wildman–Crippen LogP) is 1.82. The molecule has 1 rings (SSSR count). The molecule has 3 nitrogen and oxygen atoms in total. The van der Waals surface area contributed by atoms with Gasteiger partial charge >= 0.3 is 0 Å². The lowest BCUT2D eigenvalue weighted by atomic mass is 10.1. The molecule has 0 aliphatic rings. The topological polar surface area (TPSA) is 55.1 Å². The maximum atomic E-state index is 11.6. The minimum Gasteiger partial charge on any atom is -0.351 e. The van der Waals surface area contributed by atoms with Crippen LogP contribution in [-0.2, 0) is 11.3 Å². The third-order valence-corrected chi connectivity index (χ3v) is 2.52. The van der Waals surface area contributed by atoms with Crippen LogP contribution in [0.5, 0.6) is 0 Å². The maximum Gasteiger partial charge on any atom is 0.237 e. The van der Waals surface area contributed by atoms with Gasteiger partial charge in [-0.1, -0.05) is 50.1 Å². The van der Waals surface area contributed by atoms with Crippen LogP contribution >= 0.6 is 0 Å². The first-order valence-corrected chi connectivity index (χ1v) is 5.81. The van der Waals surface area contributed by atoms with Crippen LogP contribution in [0.1, 0.15) is 31.7 Å². The zero-order valence-corrected chi connectivity index (χ0v) is 9.78. The Hall–Kier alpha value is -1.35. The summed E-state index contributed by atoms with van der Waals surface area (Å²) in [6, 6.07) is 9.47. The van der Waals surface area contributed by atoms with E-state index in [0.29, 0.717) is 6.54 Å². The van der Waals surface area contributed by atoms with Gasteiger partial charge in [-0.2, -0.15) is 0 Å². The monoisotopic (exact) mass is 220 g/mol. The van der Waals surface area contributed by atoms with E-state index in [9.17, 15) is 4.79 Å². The average molecular weight is 220 g/mol. The lowest BCUT2D eigenvalue weighted by molar-refractivity contribution is -0.122. The number of hydrogen-bond donors (Lipinski definition) is 2. The molecule has 1 aromatic carbocycles. The summed E-state index contributed by atoms with van der Waals surface area (Å²) in [5.41, 5.74) is 6.85. The van der Waals surface area contributed by atoms with Gasteiger partial charge < -0.3 is 11.1 Å². The molecule has 0 spiro atoms. The third kappa shape index (κ3) is 4.45. The van der Waals surface area contributed by atoms with Gasteiger partial charge in [-0.05, 0) is 12.0 Å². The van der Waals surface area contributed by atoms with E-state index in [0.717, 1.165) is 24.8 Å². The van der Waals surface area contributed by atoms with Gasteiger partial charge in [0.15, 0.2) is 0 Å². The Morgan fingerprint density at radius 2 is 2.06 bits per heavy atom. The molecule has 1 aromatic rings. The fourth-order valence-corrected chi connectivity index (χ4v) is 1.47. The highest BCUT2D eigenvalue weighted by Crippen LogP contribution is 2.00. The van der Waals surface area contributed by atoms with Crippen LogP contribution in [0.3, 0.4) is 0 Å². The number of unbranched alkanes of at least 4 members (excludes halogenated alkanes) is 1. The van der Waals surface area contributed by atoms with E-state index in [-0.39, 0.29) is 11.9 Å². The Morgan fingerprint density at radius 1 is 1.38 bits per heavy atom. The zero-order chi connectivity index (χ0) is 11.8. The van der Waals surface area contributed by atoms with E-state index in [1.54, 1.807) is 0 Å². The Balaban J connectivity index is 2.29. The van der Waals surface area contributed by atoms with Crippen molar-refractivity contribution >= 4 is 5.91 Å². The normalized spacial score (nSPS) is 12.1. The molecule has 0 radical (unpaired) electrons. The number of nitrogens with two attached hydrogens (primary N) is 1. The summed E-state index contributed by atoms with van der Waals surface area (Å²) in [6.07, 6.45) is 2.83. The van der Waals surface area contributed by atoms with Crippen molar-refractivity contribution in [3.05, 3.63) is 35.9 Å². The molecule has 3 N–H and O–H groups in total. The molecule has 0 bridgehead atoms. The number of amides is 1. The van der Waals surface area contributed by atoms with Crippen LogP contribution < -0.4 is 11.1 Å². The van der Waals surface area contributed by atoms with Gasteiger partial charge in [-0.3, -0.25) is 4.79 Å². The van der Waals surface area contributed by atoms with Crippen LogP contribution in [0.15, 0.2) is 30.3 Å². The largest absolute Gasteiger partial charge is 0.351 e. The van der Waals surface area contributed by atoms with Crippen molar-refractivity contribution in [2.45, 2.75) is 38.8 Å². The number of hydrogen-bond acceptors (Lipinski definition) is 2. The second kappa shape index (κ2) is 7.01. The molecule has 0 aliphatic heterocycles. The SMILES string of the molecule is CCCC[C@H](N)C(=O)NCc1ccccc1. The number of carbonyl (C=O) groups excluding carboxylic acids is 1. The Labute approximate surface area is 97.0 Å². The summed E-state index contributed by atoms with van der Waals surface area (Å²) in [5, 5.41) is 2.84. The zero-order valence-electron chi connectivity index (χ0n) is 9.78. The number of carbonyl (C=O) groups is 1. The lowest BCUT2D eigenvalue weighted by Gasteiger charge is -2.11. The first-order valence-electron chi connectivity index (χ1n) is 5.81. The first kappa shape index (κ1) is 12.7. The first-order chi connectivity index (χ1) is 7.74. The minimum atomic E-state index is -0.372. The third-order valence-electron chi connectivity index (χ3n) is 2.52. The van der Waals surface area contributed by atoms with Gasteiger partial charge in [0, 0.05) is 6.54 Å². The summed E-state index contributed by atoms with van der Waals surface area (Å²) in [7, 11) is 0. The molecule has 0 saturated carbocycles. The molecule has 88 valence electrons. The Bertz CT molecular complexity index is 311. The number of nitrogens with one attached hydrogen (secondary N) is 1. The summed E-state index contributed by atoms with van der Waals surface area (Å²) < 4.78 is 0. The van der Waals surface area contributed by atoms with Gasteiger partial charge in [0.2, 0.25) is 5.91 Å². The summed E-state index contributed by atoms with van der Waals surface area (Å²) in [6.45, 7) is 2.65. The van der Waals surface area contributed by atoms with Crippen molar-refractivity contribution in [3.8, 4) is 0 Å². The van der Waals surface area contributed by atoms with Crippen LogP contribution in [-0.4, -0.2) is 11.9 Å². The molecular weight excluding hydrogens is 200 g/mol. The van der Waals surface area contributed by atoms with Crippen molar-refractivity contribution in [1.82, 2.24) is 5.32 Å². The highest BCUT2D eigenvalue weighted by molar-refractivity contribution is 5.81. The van der Waals surface area contributed by atoms with Crippen molar-refractivity contribution < 1.29 is 4.79 Å². The molecule has 3 heteroatoms. The van der Waals surface area contributed by atoms with E-state index in [4.69, 9.17) is 5.73 Å². The number of rotatable bonds is 6. The summed E-state index contributed by atoms with van der Waals surface area (Å²) in [4.78, 5) is 11.6. The molecule has 0 fully saturated rings. The van der Waals surface area contributed by atoms with E-state index in [2.05, 4.69) is 12.2 Å². The van der Waals surface area contributed by atoms with Gasteiger partial charge in [-0.25, -0.2) is 0 Å². The fourth-order valence-electron chi connectivity index (χ4n) is 1.47. The molecule has 1 amide bonds. The fraction of sp³-hybridized carbons (Fsp3) is 0.462. The predicted molar refractivity (Wildman–Crippen MR) is 65.8 cm³/mol. The Kier molecular flexibility index (Phi) is 5.57. The summed E-state index contributed by atoms with van der Waals surface area (Å²) in [5.74, 6) is -0.0581. The van der Waals surface area contributed by atoms with Gasteiger partial charge in [0.25, 0.3) is 0 Å². The molecule has 16 heavy (non-hydrogen) atoms. The van der Waals surface area contributed by atoms with E-state index < -0.39 is 0 Å². The van der Waals surface area contributed by atoms with Crippen LogP contribution in [0, 0.1) is 0 Å². The van der Waals surface area contributed by atoms with Crippen LogP contribution in [0.2, 0.25) is 0 Å². The van der Waals surface area contributed by atoms with E-state index in [1.165, 1.54) is 0 Å². The molecule has 0 aromatic heterocycles. The molecule has 1 atom stereocenters. The Morgan fingerprint density at radius 3 is 2.69 bits per heavy atom. The smallest absolute Gasteiger partial charge is 0.237 e. The average Bonchev–Trinajstić information content (AvgIpc) is 2.34. The van der Waals surface area contributed by atoms with Crippen molar-refractivity contribution in [1.29, 1.82) is 0 Å². The van der Waals surface area contributed by atoms with Gasteiger partial charge in [0.1, 0.15) is 0 Å². The standard InChI is InChI=1S/C13H20N2O/c1-2-3-9-12(14)13(16)15-10-11-7-5-4-6-8-11/h4-8,12H,2-3,9-10,14H2,1H3,(H,15,16)/t12-/m0/s1. The van der Waals surface area contributed by atoms with Gasteiger partial charge in [-0.15, -0.1) is 0 Å². The molecule has 0 unspecified atom stereocenters. The lowest BCUT2D eigenvalue weighted by Crippen LogP contribution is -2.40. The second-order valence-corrected chi connectivity index (χ2v) is 3.95. The van der Waals surface area contributed by atoms with Crippen molar-refractivity contribution in [2.24, 2.45) is 5.73 Å². The highest BCUT2D eigenvalue weighted by Gasteiger charge is 2.11. The van der Waals surface area contributed by atoms with Crippen LogP contribution in [0.4, 0.5) is 0 Å². The minimum absolute atomic E-state index is 0.0581.